The number of hydrogen-bond acceptors (Lipinski definition) is 3. The van der Waals surface area contributed by atoms with Gasteiger partial charge in [-0.1, -0.05) is 19.3 Å². The Bertz CT molecular complexity index is 228. The highest BCUT2D eigenvalue weighted by molar-refractivity contribution is 4.92. The van der Waals surface area contributed by atoms with Gasteiger partial charge in [0.05, 0.1) is 5.60 Å². The Morgan fingerprint density at radius 1 is 1.18 bits per heavy atom. The topological polar surface area (TPSA) is 55.5 Å². The first-order valence-corrected chi connectivity index (χ1v) is 7.25. The van der Waals surface area contributed by atoms with Crippen LogP contribution < -0.4 is 5.73 Å². The Morgan fingerprint density at radius 2 is 1.94 bits per heavy atom. The van der Waals surface area contributed by atoms with Gasteiger partial charge in [-0.25, -0.2) is 0 Å². The third-order valence-corrected chi connectivity index (χ3v) is 4.71. The van der Waals surface area contributed by atoms with E-state index < -0.39 is 5.60 Å². The van der Waals surface area contributed by atoms with Crippen molar-refractivity contribution in [2.24, 2.45) is 17.6 Å². The van der Waals surface area contributed by atoms with Crippen LogP contribution in [-0.4, -0.2) is 30.5 Å². The van der Waals surface area contributed by atoms with Crippen molar-refractivity contribution in [1.82, 2.24) is 0 Å². The van der Waals surface area contributed by atoms with Crippen molar-refractivity contribution in [1.29, 1.82) is 0 Å². The van der Waals surface area contributed by atoms with Crippen LogP contribution in [0.15, 0.2) is 0 Å². The first-order valence-electron chi connectivity index (χ1n) is 7.25. The smallest absolute Gasteiger partial charge is 0.0798 e. The van der Waals surface area contributed by atoms with Crippen LogP contribution in [0, 0.1) is 11.8 Å². The van der Waals surface area contributed by atoms with Crippen molar-refractivity contribution in [3.8, 4) is 0 Å². The van der Waals surface area contributed by atoms with E-state index in [9.17, 15) is 5.11 Å². The molecule has 2 aliphatic rings. The lowest BCUT2D eigenvalue weighted by atomic mass is 9.88. The van der Waals surface area contributed by atoms with Gasteiger partial charge in [0.1, 0.15) is 0 Å². The summed E-state index contributed by atoms with van der Waals surface area (Å²) in [4.78, 5) is 0. The molecule has 2 unspecified atom stereocenters. The first-order chi connectivity index (χ1) is 8.24. The van der Waals surface area contributed by atoms with E-state index in [1.165, 1.54) is 25.7 Å². The van der Waals surface area contributed by atoms with Crippen molar-refractivity contribution >= 4 is 0 Å². The van der Waals surface area contributed by atoms with Crippen LogP contribution in [0.5, 0.6) is 0 Å². The Kier molecular flexibility index (Phi) is 4.83. The van der Waals surface area contributed by atoms with Crippen molar-refractivity contribution in [3.05, 3.63) is 0 Å². The molecule has 2 rings (SSSR count). The molecule has 3 nitrogen and oxygen atoms in total. The zero-order valence-corrected chi connectivity index (χ0v) is 10.9. The molecule has 2 fully saturated rings. The van der Waals surface area contributed by atoms with E-state index in [0.717, 1.165) is 44.8 Å². The number of nitrogens with two attached hydrogens (primary N) is 1. The van der Waals surface area contributed by atoms with Crippen LogP contribution in [-0.2, 0) is 4.74 Å². The molecule has 2 aliphatic carbocycles. The van der Waals surface area contributed by atoms with Gasteiger partial charge in [0.2, 0.25) is 0 Å². The predicted octanol–water partition coefficient (Wildman–Crippen LogP) is 2.07. The summed E-state index contributed by atoms with van der Waals surface area (Å²) in [5, 5.41) is 10.3. The SMILES string of the molecule is NCC1(O)CCCC1CCOCC1CCCC1. The summed E-state index contributed by atoms with van der Waals surface area (Å²) in [5.74, 6) is 1.16. The lowest BCUT2D eigenvalue weighted by Gasteiger charge is -2.28. The van der Waals surface area contributed by atoms with Crippen LogP contribution in [0.2, 0.25) is 0 Å². The Hall–Kier alpha value is -0.120. The van der Waals surface area contributed by atoms with Gasteiger partial charge in [0.25, 0.3) is 0 Å². The van der Waals surface area contributed by atoms with Gasteiger partial charge in [-0.3, -0.25) is 0 Å². The average Bonchev–Trinajstić information content (AvgIpc) is 2.95. The molecule has 0 spiro atoms. The maximum absolute atomic E-state index is 10.3. The van der Waals surface area contributed by atoms with Gasteiger partial charge in [0, 0.05) is 19.8 Å². The molecular formula is C14H27NO2. The fourth-order valence-electron chi connectivity index (χ4n) is 3.46. The minimum atomic E-state index is -0.600. The standard InChI is InChI=1S/C14H27NO2/c15-11-14(16)8-3-6-13(14)7-9-17-10-12-4-1-2-5-12/h12-13,16H,1-11,15H2. The second-order valence-electron chi connectivity index (χ2n) is 5.91. The molecule has 0 amide bonds. The molecule has 0 aliphatic heterocycles. The van der Waals surface area contributed by atoms with Crippen molar-refractivity contribution in [3.63, 3.8) is 0 Å². The van der Waals surface area contributed by atoms with E-state index in [2.05, 4.69) is 0 Å². The van der Waals surface area contributed by atoms with Gasteiger partial charge in [-0.2, -0.15) is 0 Å². The van der Waals surface area contributed by atoms with Crippen molar-refractivity contribution in [2.75, 3.05) is 19.8 Å². The van der Waals surface area contributed by atoms with E-state index in [0.29, 0.717) is 12.5 Å². The molecular weight excluding hydrogens is 214 g/mol. The van der Waals surface area contributed by atoms with Gasteiger partial charge >= 0.3 is 0 Å². The quantitative estimate of drug-likeness (QED) is 0.700. The summed E-state index contributed by atoms with van der Waals surface area (Å²) in [5.41, 5.74) is 5.07. The summed E-state index contributed by atoms with van der Waals surface area (Å²) in [6, 6.07) is 0. The van der Waals surface area contributed by atoms with Crippen molar-refractivity contribution < 1.29 is 9.84 Å². The molecule has 3 heteroatoms. The third-order valence-electron chi connectivity index (χ3n) is 4.71. The van der Waals surface area contributed by atoms with Crippen molar-refractivity contribution in [2.45, 2.75) is 57.0 Å². The zero-order valence-electron chi connectivity index (χ0n) is 10.9. The Balaban J connectivity index is 1.61. The van der Waals surface area contributed by atoms with E-state index in [1.807, 2.05) is 0 Å². The summed E-state index contributed by atoms with van der Waals surface area (Å²) in [6.07, 6.45) is 9.51. The summed E-state index contributed by atoms with van der Waals surface area (Å²) < 4.78 is 5.77. The summed E-state index contributed by atoms with van der Waals surface area (Å²) >= 11 is 0. The zero-order chi connectivity index (χ0) is 12.1. The lowest BCUT2D eigenvalue weighted by Crippen LogP contribution is -2.41. The number of rotatable bonds is 6. The van der Waals surface area contributed by atoms with Crippen LogP contribution in [0.4, 0.5) is 0 Å². The molecule has 0 saturated heterocycles. The highest BCUT2D eigenvalue weighted by Crippen LogP contribution is 2.37. The molecule has 0 radical (unpaired) electrons. The van der Waals surface area contributed by atoms with Crippen LogP contribution in [0.3, 0.4) is 0 Å². The molecule has 0 aromatic heterocycles. The highest BCUT2D eigenvalue weighted by atomic mass is 16.5. The maximum Gasteiger partial charge on any atom is 0.0798 e. The number of ether oxygens (including phenoxy) is 1. The van der Waals surface area contributed by atoms with E-state index in [1.54, 1.807) is 0 Å². The Labute approximate surface area is 105 Å². The molecule has 3 N–H and O–H groups in total. The fourth-order valence-corrected chi connectivity index (χ4v) is 3.46. The molecule has 100 valence electrons. The normalized spacial score (nSPS) is 34.6. The van der Waals surface area contributed by atoms with Crippen LogP contribution in [0.25, 0.3) is 0 Å². The molecule has 2 saturated carbocycles. The van der Waals surface area contributed by atoms with E-state index in [4.69, 9.17) is 10.5 Å². The minimum absolute atomic E-state index is 0.357. The maximum atomic E-state index is 10.3. The minimum Gasteiger partial charge on any atom is -0.388 e. The molecule has 2 atom stereocenters. The monoisotopic (exact) mass is 241 g/mol. The molecule has 0 heterocycles. The fraction of sp³-hybridized carbons (Fsp3) is 1.00. The lowest BCUT2D eigenvalue weighted by molar-refractivity contribution is -0.00682. The van der Waals surface area contributed by atoms with Crippen LogP contribution >= 0.6 is 0 Å². The first kappa shape index (κ1) is 13.3. The van der Waals surface area contributed by atoms with E-state index in [-0.39, 0.29) is 0 Å². The molecule has 17 heavy (non-hydrogen) atoms. The average molecular weight is 241 g/mol. The van der Waals surface area contributed by atoms with Gasteiger partial charge in [0.15, 0.2) is 0 Å². The van der Waals surface area contributed by atoms with Gasteiger partial charge in [-0.05, 0) is 43.9 Å². The second kappa shape index (κ2) is 6.17. The molecule has 0 aromatic carbocycles. The van der Waals surface area contributed by atoms with Gasteiger partial charge < -0.3 is 15.6 Å². The van der Waals surface area contributed by atoms with Crippen LogP contribution in [0.1, 0.15) is 51.4 Å². The summed E-state index contributed by atoms with van der Waals surface area (Å²) in [6.45, 7) is 2.12. The highest BCUT2D eigenvalue weighted by Gasteiger charge is 2.39. The number of aliphatic hydroxyl groups is 1. The Morgan fingerprint density at radius 3 is 2.65 bits per heavy atom. The molecule has 0 bridgehead atoms. The second-order valence-corrected chi connectivity index (χ2v) is 5.91. The van der Waals surface area contributed by atoms with E-state index >= 15 is 0 Å². The predicted molar refractivity (Wildman–Crippen MR) is 68.7 cm³/mol. The largest absolute Gasteiger partial charge is 0.388 e. The number of hydrogen-bond donors (Lipinski definition) is 2. The third kappa shape index (κ3) is 3.43. The molecule has 0 aromatic rings. The van der Waals surface area contributed by atoms with Gasteiger partial charge in [-0.15, -0.1) is 0 Å². The summed E-state index contributed by atoms with van der Waals surface area (Å²) in [7, 11) is 0.